The van der Waals surface area contributed by atoms with E-state index >= 15 is 0 Å². The van der Waals surface area contributed by atoms with Crippen molar-refractivity contribution in [2.75, 3.05) is 6.54 Å². The maximum absolute atomic E-state index is 13.9. The monoisotopic (exact) mass is 508 g/mol. The number of halogens is 1. The molecule has 1 unspecified atom stereocenters. The Bertz CT molecular complexity index is 1380. The third-order valence-corrected chi connectivity index (χ3v) is 8.82. The van der Waals surface area contributed by atoms with E-state index in [0.29, 0.717) is 4.90 Å². The summed E-state index contributed by atoms with van der Waals surface area (Å²) in [6.07, 6.45) is 1.98. The Morgan fingerprint density at radius 3 is 2.47 bits per heavy atom. The van der Waals surface area contributed by atoms with Crippen LogP contribution in [0.1, 0.15) is 35.7 Å². The van der Waals surface area contributed by atoms with E-state index in [-0.39, 0.29) is 6.04 Å². The third-order valence-electron chi connectivity index (χ3n) is 6.29. The number of benzene rings is 3. The van der Waals surface area contributed by atoms with Crippen LogP contribution < -0.4 is 0 Å². The van der Waals surface area contributed by atoms with Gasteiger partial charge in [-0.25, -0.2) is 12.4 Å². The van der Waals surface area contributed by atoms with Crippen LogP contribution in [0.25, 0.3) is 10.9 Å². The van der Waals surface area contributed by atoms with E-state index in [0.717, 1.165) is 52.6 Å². The molecule has 0 saturated carbocycles. The van der Waals surface area contributed by atoms with Gasteiger partial charge < -0.3 is 0 Å². The molecule has 0 spiro atoms. The van der Waals surface area contributed by atoms with E-state index < -0.39 is 10.0 Å². The van der Waals surface area contributed by atoms with Crippen LogP contribution in [0.2, 0.25) is 0 Å². The zero-order valence-electron chi connectivity index (χ0n) is 17.9. The van der Waals surface area contributed by atoms with Crippen molar-refractivity contribution in [2.45, 2.75) is 37.2 Å². The maximum atomic E-state index is 13.9. The topological polar surface area (TPSA) is 42.3 Å². The van der Waals surface area contributed by atoms with Crippen LogP contribution in [-0.2, 0) is 16.6 Å². The fourth-order valence-electron chi connectivity index (χ4n) is 4.66. The van der Waals surface area contributed by atoms with Crippen molar-refractivity contribution in [3.63, 3.8) is 0 Å². The molecule has 1 aromatic heterocycles. The van der Waals surface area contributed by atoms with Crippen molar-refractivity contribution in [1.82, 2.24) is 8.87 Å². The number of likely N-dealkylation sites (tertiary alicyclic amines) is 1. The lowest BCUT2D eigenvalue weighted by Crippen LogP contribution is -2.26. The lowest BCUT2D eigenvalue weighted by molar-refractivity contribution is 0.243. The summed E-state index contributed by atoms with van der Waals surface area (Å²) >= 11 is 3.66. The molecule has 0 radical (unpaired) electrons. The summed E-state index contributed by atoms with van der Waals surface area (Å²) in [7, 11) is -3.73. The van der Waals surface area contributed by atoms with Crippen molar-refractivity contribution >= 4 is 36.9 Å². The number of aryl methyl sites for hydroxylation is 1. The number of aromatic nitrogens is 1. The van der Waals surface area contributed by atoms with Crippen LogP contribution in [-0.4, -0.2) is 23.8 Å². The van der Waals surface area contributed by atoms with Gasteiger partial charge in [0.25, 0.3) is 10.0 Å². The van der Waals surface area contributed by atoms with E-state index in [9.17, 15) is 8.42 Å². The van der Waals surface area contributed by atoms with Gasteiger partial charge in [0.1, 0.15) is 0 Å². The van der Waals surface area contributed by atoms with Crippen molar-refractivity contribution < 1.29 is 8.42 Å². The molecule has 0 N–H and O–H groups in total. The van der Waals surface area contributed by atoms with E-state index in [1.165, 1.54) is 5.56 Å². The van der Waals surface area contributed by atoms with Crippen LogP contribution in [0.5, 0.6) is 0 Å². The molecule has 0 aliphatic carbocycles. The molecule has 3 aromatic carbocycles. The number of para-hydroxylation sites is 1. The molecule has 1 saturated heterocycles. The molecule has 164 valence electrons. The molecule has 1 atom stereocenters. The fourth-order valence-corrected chi connectivity index (χ4v) is 6.64. The number of nitrogens with zero attached hydrogens (tertiary/aromatic N) is 2. The zero-order valence-corrected chi connectivity index (χ0v) is 20.3. The number of rotatable bonds is 5. The Hall–Kier alpha value is -2.41. The highest BCUT2D eigenvalue weighted by Gasteiger charge is 2.33. The molecule has 32 heavy (non-hydrogen) atoms. The van der Waals surface area contributed by atoms with Gasteiger partial charge in [-0.05, 0) is 62.2 Å². The molecule has 0 amide bonds. The van der Waals surface area contributed by atoms with Crippen molar-refractivity contribution in [1.29, 1.82) is 0 Å². The fraction of sp³-hybridized carbons (Fsp3) is 0.231. The Morgan fingerprint density at radius 1 is 0.969 bits per heavy atom. The van der Waals surface area contributed by atoms with Crippen molar-refractivity contribution in [2.24, 2.45) is 0 Å². The minimum absolute atomic E-state index is 0.0368. The molecule has 5 rings (SSSR count). The predicted molar refractivity (Wildman–Crippen MR) is 132 cm³/mol. The molecular formula is C26H25BrN2O2S. The highest BCUT2D eigenvalue weighted by Crippen LogP contribution is 2.38. The second-order valence-corrected chi connectivity index (χ2v) is 11.1. The van der Waals surface area contributed by atoms with Crippen LogP contribution in [0.15, 0.2) is 88.2 Å². The van der Waals surface area contributed by atoms with E-state index in [2.05, 4.69) is 39.0 Å². The van der Waals surface area contributed by atoms with Gasteiger partial charge in [-0.15, -0.1) is 0 Å². The van der Waals surface area contributed by atoms with Gasteiger partial charge in [0.2, 0.25) is 0 Å². The molecule has 4 aromatic rings. The van der Waals surface area contributed by atoms with E-state index in [4.69, 9.17) is 0 Å². The summed E-state index contributed by atoms with van der Waals surface area (Å²) in [5.41, 5.74) is 3.83. The first-order valence-electron chi connectivity index (χ1n) is 10.9. The van der Waals surface area contributed by atoms with Crippen LogP contribution in [0, 0.1) is 6.92 Å². The minimum atomic E-state index is -3.73. The Kier molecular flexibility index (Phi) is 5.70. The summed E-state index contributed by atoms with van der Waals surface area (Å²) < 4.78 is 30.4. The SMILES string of the molecule is Cc1ccc(S(=O)(=O)n2c(C3CCCN3Cc3ccccc3Br)cc3ccccc32)cc1. The summed E-state index contributed by atoms with van der Waals surface area (Å²) in [6.45, 7) is 3.68. The summed E-state index contributed by atoms with van der Waals surface area (Å²) in [4.78, 5) is 2.72. The summed E-state index contributed by atoms with van der Waals surface area (Å²) in [5, 5.41) is 0.950. The van der Waals surface area contributed by atoms with E-state index in [1.807, 2.05) is 55.5 Å². The molecule has 0 bridgehead atoms. The molecule has 2 heterocycles. The summed E-state index contributed by atoms with van der Waals surface area (Å²) in [5.74, 6) is 0. The number of hydrogen-bond acceptors (Lipinski definition) is 3. The quantitative estimate of drug-likeness (QED) is 0.318. The molecule has 4 nitrogen and oxygen atoms in total. The van der Waals surface area contributed by atoms with E-state index in [1.54, 1.807) is 16.1 Å². The highest BCUT2D eigenvalue weighted by molar-refractivity contribution is 9.10. The molecule has 1 aliphatic rings. The molecule has 1 aliphatic heterocycles. The van der Waals surface area contributed by atoms with Gasteiger partial charge in [0.05, 0.1) is 22.1 Å². The average molecular weight is 509 g/mol. The van der Waals surface area contributed by atoms with Crippen LogP contribution >= 0.6 is 15.9 Å². The molecule has 1 fully saturated rings. The minimum Gasteiger partial charge on any atom is -0.291 e. The largest absolute Gasteiger partial charge is 0.291 e. The Labute approximate surface area is 197 Å². The van der Waals surface area contributed by atoms with Crippen LogP contribution in [0.3, 0.4) is 0 Å². The first-order valence-corrected chi connectivity index (χ1v) is 13.1. The van der Waals surface area contributed by atoms with Gasteiger partial charge in [-0.1, -0.05) is 70.0 Å². The second-order valence-electron chi connectivity index (χ2n) is 8.43. The third kappa shape index (κ3) is 3.81. The maximum Gasteiger partial charge on any atom is 0.268 e. The van der Waals surface area contributed by atoms with Gasteiger partial charge in [-0.3, -0.25) is 4.90 Å². The first kappa shape index (κ1) is 21.4. The van der Waals surface area contributed by atoms with Crippen molar-refractivity contribution in [3.8, 4) is 0 Å². The average Bonchev–Trinajstić information content (AvgIpc) is 3.40. The van der Waals surface area contributed by atoms with Gasteiger partial charge in [0, 0.05) is 16.4 Å². The Morgan fingerprint density at radius 2 is 1.69 bits per heavy atom. The van der Waals surface area contributed by atoms with Gasteiger partial charge in [0.15, 0.2) is 0 Å². The van der Waals surface area contributed by atoms with Crippen LogP contribution in [0.4, 0.5) is 0 Å². The molecular weight excluding hydrogens is 484 g/mol. The smallest absolute Gasteiger partial charge is 0.268 e. The normalized spacial score (nSPS) is 17.2. The lowest BCUT2D eigenvalue weighted by Gasteiger charge is -2.26. The molecule has 6 heteroatoms. The summed E-state index contributed by atoms with van der Waals surface area (Å²) in [6, 6.07) is 25.2. The number of fused-ring (bicyclic) bond motifs is 1. The van der Waals surface area contributed by atoms with Gasteiger partial charge in [-0.2, -0.15) is 0 Å². The highest BCUT2D eigenvalue weighted by atomic mass is 79.9. The lowest BCUT2D eigenvalue weighted by atomic mass is 10.1. The van der Waals surface area contributed by atoms with Crippen molar-refractivity contribution in [3.05, 3.63) is 100 Å². The standard InChI is InChI=1S/C26H25BrN2O2S/c1-19-12-14-22(15-13-19)32(30,31)29-24-10-5-3-7-20(24)17-26(29)25-11-6-16-28(25)18-21-8-2-4-9-23(21)27/h2-5,7-10,12-15,17,25H,6,11,16,18H2,1H3. The zero-order chi connectivity index (χ0) is 22.3. The first-order chi connectivity index (χ1) is 15.4. The second kappa shape index (κ2) is 8.50. The Balaban J connectivity index is 1.63. The predicted octanol–water partition coefficient (Wildman–Crippen LogP) is 6.29. The van der Waals surface area contributed by atoms with Gasteiger partial charge >= 0.3 is 0 Å². The number of hydrogen-bond donors (Lipinski definition) is 0.